The number of hydrogen-bond donors (Lipinski definition) is 2. The van der Waals surface area contributed by atoms with Crippen LogP contribution >= 0.6 is 0 Å². The van der Waals surface area contributed by atoms with Gasteiger partial charge in [0.1, 0.15) is 29.6 Å². The lowest BCUT2D eigenvalue weighted by atomic mass is 9.55. The first kappa shape index (κ1) is 44.6. The molecule has 6 atom stereocenters. The molecule has 1 aliphatic heterocycles. The largest absolute Gasteiger partial charge is 0.490 e. The zero-order valence-electron chi connectivity index (χ0n) is 34.9. The van der Waals surface area contributed by atoms with Gasteiger partial charge in [0, 0.05) is 61.9 Å². The van der Waals surface area contributed by atoms with Crippen molar-refractivity contribution in [3.05, 3.63) is 137 Å². The molecule has 14 nitrogen and oxygen atoms in total. The average Bonchev–Trinajstić information content (AvgIpc) is 3.28. The minimum Gasteiger partial charge on any atom is -0.490 e. The van der Waals surface area contributed by atoms with E-state index in [2.05, 4.69) is 24.2 Å². The van der Waals surface area contributed by atoms with Gasteiger partial charge in [-0.15, -0.1) is 6.58 Å². The Morgan fingerprint density at radius 3 is 2.47 bits per heavy atom. The Balaban J connectivity index is 1.44. The quantitative estimate of drug-likeness (QED) is 0.0360. The maximum atomic E-state index is 15.1. The molecule has 62 heavy (non-hydrogen) atoms. The molecule has 4 aromatic rings. The molecule has 0 spiro atoms. The zero-order chi connectivity index (χ0) is 43.9. The van der Waals surface area contributed by atoms with Crippen LogP contribution in [-0.4, -0.2) is 83.9 Å². The van der Waals surface area contributed by atoms with Gasteiger partial charge in [-0.25, -0.2) is 8.42 Å². The summed E-state index contributed by atoms with van der Waals surface area (Å²) in [6.45, 7) is 8.20. The minimum absolute atomic E-state index is 0.00545. The summed E-state index contributed by atoms with van der Waals surface area (Å²) in [6, 6.07) is 19.3. The molecule has 15 heteroatoms. The van der Waals surface area contributed by atoms with Gasteiger partial charge in [-0.2, -0.15) is 4.31 Å². The molecule has 0 saturated heterocycles. The summed E-state index contributed by atoms with van der Waals surface area (Å²) in [4.78, 5) is 21.5. The Hall–Kier alpha value is -5.45. The lowest BCUT2D eigenvalue weighted by Crippen LogP contribution is -2.69. The first-order valence-corrected chi connectivity index (χ1v) is 22.5. The van der Waals surface area contributed by atoms with Crippen LogP contribution in [-0.2, 0) is 26.2 Å². The number of non-ortho nitro benzene ring substituents is 1. The minimum atomic E-state index is -4.32. The Bertz CT molecular complexity index is 2420. The van der Waals surface area contributed by atoms with Gasteiger partial charge in [0.2, 0.25) is 15.8 Å². The summed E-state index contributed by atoms with van der Waals surface area (Å²) in [5.41, 5.74) is 3.11. The first-order valence-electron chi connectivity index (χ1n) is 21.1. The van der Waals surface area contributed by atoms with Crippen molar-refractivity contribution >= 4 is 32.3 Å². The number of aliphatic hydroxyl groups excluding tert-OH is 2. The van der Waals surface area contributed by atoms with Gasteiger partial charge in [-0.1, -0.05) is 61.0 Å². The van der Waals surface area contributed by atoms with Gasteiger partial charge < -0.3 is 29.3 Å². The molecule has 3 aromatic carbocycles. The summed E-state index contributed by atoms with van der Waals surface area (Å²) in [7, 11) is -2.79. The summed E-state index contributed by atoms with van der Waals surface area (Å²) in [6.07, 6.45) is 11.3. The maximum Gasteiger partial charge on any atom is 0.269 e. The van der Waals surface area contributed by atoms with Crippen LogP contribution in [0.25, 0.3) is 10.9 Å². The number of allylic oxidation sites excluding steroid dienone is 1. The molecule has 3 aliphatic rings. The number of oxime groups is 1. The molecule has 7 rings (SSSR count). The van der Waals surface area contributed by atoms with E-state index in [1.54, 1.807) is 48.7 Å². The molecule has 0 amide bonds. The third-order valence-corrected chi connectivity index (χ3v) is 14.2. The lowest BCUT2D eigenvalue weighted by molar-refractivity contribution is -0.384. The predicted molar refractivity (Wildman–Crippen MR) is 235 cm³/mol. The molecule has 2 aliphatic carbocycles. The summed E-state index contributed by atoms with van der Waals surface area (Å²) >= 11 is 0. The monoisotopic (exact) mass is 866 g/mol. The number of sulfonamides is 1. The van der Waals surface area contributed by atoms with E-state index >= 15 is 8.42 Å². The molecule has 1 aromatic heterocycles. The molecule has 1 saturated carbocycles. The summed E-state index contributed by atoms with van der Waals surface area (Å²) in [5.74, 6) is -1.50. The number of benzene rings is 3. The number of fused-ring (bicyclic) bond motifs is 3. The van der Waals surface area contributed by atoms with E-state index in [9.17, 15) is 20.3 Å². The van der Waals surface area contributed by atoms with E-state index in [4.69, 9.17) is 24.2 Å². The van der Waals surface area contributed by atoms with Crippen molar-refractivity contribution in [1.29, 1.82) is 0 Å². The van der Waals surface area contributed by atoms with E-state index in [1.807, 2.05) is 30.3 Å². The van der Waals surface area contributed by atoms with Crippen LogP contribution in [0.5, 0.6) is 11.5 Å². The highest BCUT2D eigenvalue weighted by Gasteiger charge is 2.65. The topological polar surface area (TPSA) is 183 Å². The fourth-order valence-electron chi connectivity index (χ4n) is 9.45. The van der Waals surface area contributed by atoms with E-state index in [-0.39, 0.29) is 67.8 Å². The fourth-order valence-corrected chi connectivity index (χ4v) is 11.0. The number of nitro benzene ring substituents is 1. The zero-order valence-corrected chi connectivity index (χ0v) is 35.7. The van der Waals surface area contributed by atoms with Crippen molar-refractivity contribution in [2.45, 2.75) is 74.2 Å². The third kappa shape index (κ3) is 8.90. The van der Waals surface area contributed by atoms with E-state index in [0.717, 1.165) is 36.8 Å². The van der Waals surface area contributed by atoms with Gasteiger partial charge in [0.15, 0.2) is 0 Å². The molecule has 0 bridgehead atoms. The van der Waals surface area contributed by atoms with Crippen molar-refractivity contribution in [2.75, 3.05) is 33.5 Å². The maximum absolute atomic E-state index is 15.1. The third-order valence-electron chi connectivity index (χ3n) is 12.3. The van der Waals surface area contributed by atoms with Crippen LogP contribution in [0.1, 0.15) is 62.0 Å². The van der Waals surface area contributed by atoms with Crippen molar-refractivity contribution < 1.29 is 42.6 Å². The highest BCUT2D eigenvalue weighted by molar-refractivity contribution is 7.89. The smallest absolute Gasteiger partial charge is 0.269 e. The van der Waals surface area contributed by atoms with E-state index in [1.165, 1.54) is 23.5 Å². The number of rotatable bonds is 21. The molecular weight excluding hydrogens is 813 g/mol. The Labute approximate surface area is 362 Å². The fraction of sp³-hybridized carbons (Fsp3) is 0.404. The molecule has 0 radical (unpaired) electrons. The van der Waals surface area contributed by atoms with Crippen molar-refractivity contribution in [2.24, 2.45) is 22.9 Å². The second kappa shape index (κ2) is 19.7. The molecule has 2 N–H and O–H groups in total. The van der Waals surface area contributed by atoms with Gasteiger partial charge in [-0.05, 0) is 91.1 Å². The van der Waals surface area contributed by atoms with Crippen LogP contribution in [0.2, 0.25) is 0 Å². The van der Waals surface area contributed by atoms with Crippen molar-refractivity contribution in [3.63, 3.8) is 0 Å². The average molecular weight is 867 g/mol. The predicted octanol–water partition coefficient (Wildman–Crippen LogP) is 7.86. The van der Waals surface area contributed by atoms with Crippen LogP contribution in [0.15, 0.2) is 126 Å². The SMILES string of the molecule is C=CCOc1ccc2c(c1)C1C(CCCCO)C(CCCCO)C=C3C(=NOCc4ccc([N+](=O)[O-])cc4)CC(N(C)S(=O)(=O)c4cccc5cccnc45)C(OCC=C)(O2)C31. The molecule has 2 heterocycles. The highest BCUT2D eigenvalue weighted by atomic mass is 32.2. The van der Waals surface area contributed by atoms with Gasteiger partial charge in [0.25, 0.3) is 5.69 Å². The second-order valence-corrected chi connectivity index (χ2v) is 17.9. The molecule has 1 fully saturated rings. The van der Waals surface area contributed by atoms with Gasteiger partial charge in [-0.3, -0.25) is 15.1 Å². The number of unbranched alkanes of at least 4 members (excludes halogenated alkanes) is 2. The number of hydrogen-bond acceptors (Lipinski definition) is 12. The van der Waals surface area contributed by atoms with Crippen LogP contribution in [0.3, 0.4) is 0 Å². The van der Waals surface area contributed by atoms with Crippen LogP contribution in [0.4, 0.5) is 5.69 Å². The number of ether oxygens (including phenoxy) is 3. The van der Waals surface area contributed by atoms with E-state index < -0.39 is 32.7 Å². The summed E-state index contributed by atoms with van der Waals surface area (Å²) < 4.78 is 51.8. The van der Waals surface area contributed by atoms with Crippen molar-refractivity contribution in [3.8, 4) is 11.5 Å². The second-order valence-electron chi connectivity index (χ2n) is 15.9. The molecule has 328 valence electrons. The lowest BCUT2D eigenvalue weighted by Gasteiger charge is -2.59. The van der Waals surface area contributed by atoms with Crippen LogP contribution < -0.4 is 9.47 Å². The number of aliphatic hydroxyl groups is 2. The Morgan fingerprint density at radius 1 is 1.00 bits per heavy atom. The van der Waals surface area contributed by atoms with Crippen LogP contribution in [0, 0.1) is 27.9 Å². The number of likely N-dealkylation sites (N-methyl/N-ethyl adjacent to an activating group) is 1. The van der Waals surface area contributed by atoms with Gasteiger partial charge >= 0.3 is 0 Å². The number of nitro groups is 1. The number of pyridine rings is 1. The molecule has 6 unspecified atom stereocenters. The highest BCUT2D eigenvalue weighted by Crippen LogP contribution is 2.62. The Kier molecular flexibility index (Phi) is 14.2. The normalized spacial score (nSPS) is 23.5. The van der Waals surface area contributed by atoms with Gasteiger partial charge in [0.05, 0.1) is 34.7 Å². The number of aromatic nitrogens is 1. The summed E-state index contributed by atoms with van der Waals surface area (Å²) in [5, 5.41) is 36.6. The molecular formula is C47H54N4O10S. The first-order chi connectivity index (χ1) is 30.1. The number of nitrogens with zero attached hydrogens (tertiary/aromatic N) is 4. The van der Waals surface area contributed by atoms with Crippen molar-refractivity contribution in [1.82, 2.24) is 9.29 Å². The Morgan fingerprint density at radius 2 is 1.74 bits per heavy atom. The standard InChI is InChI=1S/C47H54N4O10S/c1-4-26-58-36-21-22-41-39(29-36)44-37(15-7-9-25-53)34(12-6-8-24-52)28-38-40(49-60-31-32-17-19-35(20-18-32)51(54)55)30-43(47(61-41,45(38)44)59-27-5-2)50(3)62(56,57)42-16-10-13-33-14-11-23-48-46(33)42/h4-5,10-11,13-14,16-23,28-29,34,37,43-45,52-53H,1-2,6-9,12,15,24-27,30-31H2,3H3. The van der Waals surface area contributed by atoms with E-state index in [0.29, 0.717) is 46.5 Å². The number of para-hydroxylation sites is 1.